The summed E-state index contributed by atoms with van der Waals surface area (Å²) in [4.78, 5) is 8.68. The third-order valence-corrected chi connectivity index (χ3v) is 0. The number of hydrogen-bond donors (Lipinski definition) is 0. The maximum atomic E-state index is 8.68. The Morgan fingerprint density at radius 2 is 1.75 bits per heavy atom. The average molecular weight is 130 g/mol. The molecule has 4 heavy (non-hydrogen) atoms. The molecule has 0 aromatic rings. The van der Waals surface area contributed by atoms with E-state index in [9.17, 15) is 0 Å². The summed E-state index contributed by atoms with van der Waals surface area (Å²) in [6, 6.07) is 0. The van der Waals surface area contributed by atoms with Crippen molar-refractivity contribution in [2.75, 3.05) is 0 Å². The molecule has 0 saturated carbocycles. The zero-order valence-electron chi connectivity index (χ0n) is 1.91. The second-order valence-electron chi connectivity index (χ2n) is 0.204. The van der Waals surface area contributed by atoms with E-state index in [-0.39, 0.29) is 58.2 Å². The van der Waals surface area contributed by atoms with Crippen molar-refractivity contribution in [1.29, 1.82) is 0 Å². The molecule has 19 valence electrons. The van der Waals surface area contributed by atoms with Gasteiger partial charge in [0.1, 0.15) is 0 Å². The van der Waals surface area contributed by atoms with Crippen molar-refractivity contribution in [2.45, 2.75) is 6.92 Å². The maximum absolute atomic E-state index is 8.68. The summed E-state index contributed by atoms with van der Waals surface area (Å²) in [7, 11) is 0. The Hall–Kier alpha value is 1.48. The van der Waals surface area contributed by atoms with E-state index in [1.54, 1.807) is 0 Å². The SMILES string of the molecule is C[C]=O.[RbH]. The summed E-state index contributed by atoms with van der Waals surface area (Å²) in [5.41, 5.74) is 0. The first-order chi connectivity index (χ1) is 1.41. The normalized spacial score (nSPS) is 3.25. The van der Waals surface area contributed by atoms with E-state index >= 15 is 0 Å². The van der Waals surface area contributed by atoms with Crippen molar-refractivity contribution < 1.29 is 4.79 Å². The first-order valence-electron chi connectivity index (χ1n) is 0.704. The molecule has 0 spiro atoms. The second kappa shape index (κ2) is 8.82. The molecule has 0 unspecified atom stereocenters. The van der Waals surface area contributed by atoms with E-state index in [1.807, 2.05) is 0 Å². The van der Waals surface area contributed by atoms with Crippen LogP contribution in [-0.4, -0.2) is 64.5 Å². The molecule has 2 heteroatoms. The summed E-state index contributed by atoms with van der Waals surface area (Å²) in [6.07, 6.45) is 1.50. The number of carbonyl (C=O) groups excluding carboxylic acids is 1. The molecular formula is C2H4ORb. The summed E-state index contributed by atoms with van der Waals surface area (Å²) in [5.74, 6) is 0. The second-order valence-corrected chi connectivity index (χ2v) is 0.204. The Labute approximate surface area is 74.6 Å². The van der Waals surface area contributed by atoms with E-state index in [0.29, 0.717) is 0 Å². The predicted molar refractivity (Wildman–Crippen MR) is 18.5 cm³/mol. The molecule has 1 nitrogen and oxygen atoms in total. The van der Waals surface area contributed by atoms with Crippen LogP contribution in [0.3, 0.4) is 0 Å². The summed E-state index contributed by atoms with van der Waals surface area (Å²) in [6.45, 7) is 1.32. The molecule has 0 amide bonds. The van der Waals surface area contributed by atoms with Gasteiger partial charge in [0.25, 0.3) is 0 Å². The Morgan fingerprint density at radius 3 is 1.75 bits per heavy atom. The Morgan fingerprint density at radius 1 is 1.75 bits per heavy atom. The van der Waals surface area contributed by atoms with Crippen LogP contribution in [0.2, 0.25) is 0 Å². The molecule has 0 rings (SSSR count). The quantitative estimate of drug-likeness (QED) is 0.430. The van der Waals surface area contributed by atoms with E-state index < -0.39 is 0 Å². The summed E-state index contributed by atoms with van der Waals surface area (Å²) in [5, 5.41) is 0. The Kier molecular flexibility index (Phi) is 20.0. The minimum atomic E-state index is 0. The van der Waals surface area contributed by atoms with Crippen LogP contribution in [0.5, 0.6) is 0 Å². The van der Waals surface area contributed by atoms with E-state index in [0.717, 1.165) is 0 Å². The van der Waals surface area contributed by atoms with Crippen LogP contribution >= 0.6 is 0 Å². The molecule has 0 fully saturated rings. The van der Waals surface area contributed by atoms with Gasteiger partial charge in [0.05, 0.1) is 0 Å². The fraction of sp³-hybridized carbons (Fsp3) is 0.500. The van der Waals surface area contributed by atoms with Gasteiger partial charge in [-0.1, -0.05) is 0 Å². The molecule has 0 atom stereocenters. The standard InChI is InChI=1S/C2H3O.Rb.H/c1-2-3;;/h1H3;;. The third kappa shape index (κ3) is 9.78. The molecule has 0 saturated heterocycles. The zero-order chi connectivity index (χ0) is 2.71. The van der Waals surface area contributed by atoms with Gasteiger partial charge in [0.2, 0.25) is 0 Å². The van der Waals surface area contributed by atoms with Crippen LogP contribution in [0.1, 0.15) is 6.92 Å². The van der Waals surface area contributed by atoms with Crippen LogP contribution in [0.15, 0.2) is 0 Å². The van der Waals surface area contributed by atoms with Gasteiger partial charge in [-0.05, 0) is 0 Å². The molecular weight excluding hydrogens is 125 g/mol. The van der Waals surface area contributed by atoms with Crippen molar-refractivity contribution in [1.82, 2.24) is 0 Å². The van der Waals surface area contributed by atoms with Crippen LogP contribution in [0, 0.1) is 0 Å². The number of rotatable bonds is 0. The molecule has 0 aliphatic rings. The van der Waals surface area contributed by atoms with Crippen LogP contribution in [0.4, 0.5) is 0 Å². The van der Waals surface area contributed by atoms with Gasteiger partial charge in [-0.15, -0.1) is 0 Å². The van der Waals surface area contributed by atoms with E-state index in [4.69, 9.17) is 4.79 Å². The van der Waals surface area contributed by atoms with Crippen molar-refractivity contribution in [3.05, 3.63) is 0 Å². The van der Waals surface area contributed by atoms with Crippen LogP contribution in [-0.2, 0) is 4.79 Å². The first-order valence-corrected chi connectivity index (χ1v) is 0.704. The topological polar surface area (TPSA) is 17.1 Å². The Bertz CT molecular complexity index is 13.5. The Balaban J connectivity index is 0. The monoisotopic (exact) mass is 129 g/mol. The summed E-state index contributed by atoms with van der Waals surface area (Å²) < 4.78 is 0. The number of hydrogen-bond acceptors (Lipinski definition) is 1. The van der Waals surface area contributed by atoms with Crippen LogP contribution in [0.25, 0.3) is 0 Å². The molecule has 0 N–H and O–H groups in total. The van der Waals surface area contributed by atoms with Gasteiger partial charge in [-0.25, -0.2) is 0 Å². The molecule has 0 bridgehead atoms. The molecule has 0 aliphatic heterocycles. The fourth-order valence-corrected chi connectivity index (χ4v) is 0. The zero-order valence-corrected chi connectivity index (χ0v) is 1.91. The molecule has 0 aromatic carbocycles. The van der Waals surface area contributed by atoms with Gasteiger partial charge in [0.15, 0.2) is 6.29 Å². The first kappa shape index (κ1) is 9.08. The van der Waals surface area contributed by atoms with Gasteiger partial charge >= 0.3 is 58.2 Å². The predicted octanol–water partition coefficient (Wildman–Crippen LogP) is -0.532. The van der Waals surface area contributed by atoms with Crippen molar-refractivity contribution in [3.63, 3.8) is 0 Å². The van der Waals surface area contributed by atoms with Crippen molar-refractivity contribution in [3.8, 4) is 0 Å². The van der Waals surface area contributed by atoms with Crippen molar-refractivity contribution in [2.24, 2.45) is 0 Å². The van der Waals surface area contributed by atoms with Crippen molar-refractivity contribution >= 4 is 64.5 Å². The van der Waals surface area contributed by atoms with Gasteiger partial charge in [-0.3, -0.25) is 4.79 Å². The van der Waals surface area contributed by atoms with Gasteiger partial charge in [-0.2, -0.15) is 0 Å². The van der Waals surface area contributed by atoms with E-state index in [1.165, 1.54) is 13.2 Å². The van der Waals surface area contributed by atoms with Crippen LogP contribution < -0.4 is 0 Å². The summed E-state index contributed by atoms with van der Waals surface area (Å²) >= 11 is 0. The molecule has 0 aromatic heterocycles. The van der Waals surface area contributed by atoms with Gasteiger partial charge in [0, 0.05) is 6.92 Å². The minimum absolute atomic E-state index is 0. The fourth-order valence-electron chi connectivity index (χ4n) is 0. The molecule has 0 aliphatic carbocycles. The van der Waals surface area contributed by atoms with Gasteiger partial charge < -0.3 is 0 Å². The average Bonchev–Trinajstić information content (AvgIpc) is 0.918. The van der Waals surface area contributed by atoms with E-state index in [2.05, 4.69) is 0 Å². The third-order valence-electron chi connectivity index (χ3n) is 0. The molecule has 0 heterocycles. The molecule has 1 radical (unpaired) electrons.